The van der Waals surface area contributed by atoms with Crippen LogP contribution in [-0.4, -0.2) is 41.3 Å². The smallest absolute Gasteiger partial charge is 0.347 e. The van der Waals surface area contributed by atoms with Gasteiger partial charge in [0.25, 0.3) is 10.0 Å². The summed E-state index contributed by atoms with van der Waals surface area (Å²) < 4.78 is 48.6. The number of halogens is 1. The lowest BCUT2D eigenvalue weighted by atomic mass is 10.3. The fourth-order valence-corrected chi connectivity index (χ4v) is 3.82. The van der Waals surface area contributed by atoms with E-state index in [1.165, 1.54) is 51.5 Å². The molecule has 0 unspecified atom stereocenters. The van der Waals surface area contributed by atoms with Crippen LogP contribution in [0, 0.1) is 0 Å². The highest BCUT2D eigenvalue weighted by atomic mass is 35.5. The van der Waals surface area contributed by atoms with Crippen molar-refractivity contribution in [3.63, 3.8) is 0 Å². The molecule has 2 aromatic rings. The van der Waals surface area contributed by atoms with Crippen LogP contribution in [0.2, 0.25) is 5.02 Å². The number of hydrogen-bond donors (Lipinski definition) is 1. The number of benzene rings is 2. The van der Waals surface area contributed by atoms with Crippen molar-refractivity contribution in [2.75, 3.05) is 25.5 Å². The fourth-order valence-electron chi connectivity index (χ4n) is 2.36. The molecule has 1 N–H and O–H groups in total. The van der Waals surface area contributed by atoms with Crippen LogP contribution < -0.4 is 18.9 Å². The summed E-state index contributed by atoms with van der Waals surface area (Å²) in [4.78, 5) is 11.6. The van der Waals surface area contributed by atoms with Crippen LogP contribution in [0.25, 0.3) is 0 Å². The van der Waals surface area contributed by atoms with Gasteiger partial charge in [-0.2, -0.15) is 0 Å². The number of hydrogen-bond acceptors (Lipinski definition) is 7. The molecule has 10 heteroatoms. The molecule has 2 rings (SSSR count). The van der Waals surface area contributed by atoms with Gasteiger partial charge in [-0.15, -0.1) is 0 Å². The van der Waals surface area contributed by atoms with Gasteiger partial charge in [-0.05, 0) is 44.2 Å². The highest BCUT2D eigenvalue weighted by Crippen LogP contribution is 2.32. The molecule has 0 amide bonds. The van der Waals surface area contributed by atoms with Gasteiger partial charge in [0, 0.05) is 6.07 Å². The van der Waals surface area contributed by atoms with Gasteiger partial charge in [0.15, 0.2) is 6.10 Å². The average Bonchev–Trinajstić information content (AvgIpc) is 2.69. The third-order valence-corrected chi connectivity index (χ3v) is 5.46. The van der Waals surface area contributed by atoms with Gasteiger partial charge in [-0.3, -0.25) is 4.72 Å². The molecule has 0 fully saturated rings. The highest BCUT2D eigenvalue weighted by molar-refractivity contribution is 7.92. The van der Waals surface area contributed by atoms with Gasteiger partial charge in [0.1, 0.15) is 22.1 Å². The van der Waals surface area contributed by atoms with Crippen molar-refractivity contribution in [2.24, 2.45) is 0 Å². The van der Waals surface area contributed by atoms with Crippen LogP contribution in [-0.2, 0) is 19.6 Å². The Kier molecular flexibility index (Phi) is 7.58. The topological polar surface area (TPSA) is 100 Å². The molecule has 0 aliphatic rings. The number of carbonyl (C=O) groups excluding carboxylic acids is 1. The fraction of sp³-hybridized carbons (Fsp3) is 0.316. The van der Waals surface area contributed by atoms with E-state index in [0.29, 0.717) is 5.75 Å². The Labute approximate surface area is 174 Å². The standard InChI is InChI=1S/C19H22ClNO7S/c1-5-27-19(22)12(2)28-16-8-6-13(10-15(16)20)21-29(23,24)18-11-14(25-3)7-9-17(18)26-4/h6-12,21H,5H2,1-4H3/t12-/m0/s1. The maximum atomic E-state index is 12.8. The van der Waals surface area contributed by atoms with E-state index >= 15 is 0 Å². The third kappa shape index (κ3) is 5.68. The minimum Gasteiger partial charge on any atom is -0.497 e. The molecular weight excluding hydrogens is 422 g/mol. The van der Waals surface area contributed by atoms with Crippen LogP contribution >= 0.6 is 11.6 Å². The number of ether oxygens (including phenoxy) is 4. The second-order valence-electron chi connectivity index (χ2n) is 5.78. The van der Waals surface area contributed by atoms with Crippen molar-refractivity contribution in [1.29, 1.82) is 0 Å². The van der Waals surface area contributed by atoms with Crippen LogP contribution in [0.4, 0.5) is 5.69 Å². The zero-order valence-corrected chi connectivity index (χ0v) is 18.0. The van der Waals surface area contributed by atoms with E-state index in [9.17, 15) is 13.2 Å². The third-order valence-electron chi connectivity index (χ3n) is 3.77. The van der Waals surface area contributed by atoms with Gasteiger partial charge < -0.3 is 18.9 Å². The van der Waals surface area contributed by atoms with E-state index in [4.69, 9.17) is 30.5 Å². The zero-order chi connectivity index (χ0) is 21.6. The van der Waals surface area contributed by atoms with Gasteiger partial charge in [0.2, 0.25) is 0 Å². The van der Waals surface area contributed by atoms with Crippen LogP contribution in [0.15, 0.2) is 41.3 Å². The molecule has 158 valence electrons. The molecule has 29 heavy (non-hydrogen) atoms. The second kappa shape index (κ2) is 9.71. The van der Waals surface area contributed by atoms with E-state index in [1.807, 2.05) is 0 Å². The summed E-state index contributed by atoms with van der Waals surface area (Å²) in [7, 11) is -1.19. The number of carbonyl (C=O) groups is 1. The lowest BCUT2D eigenvalue weighted by Gasteiger charge is -2.16. The Hall–Kier alpha value is -2.65. The predicted molar refractivity (Wildman–Crippen MR) is 109 cm³/mol. The molecule has 0 heterocycles. The summed E-state index contributed by atoms with van der Waals surface area (Å²) in [6, 6.07) is 8.72. The van der Waals surface area contributed by atoms with Crippen LogP contribution in [0.5, 0.6) is 17.2 Å². The zero-order valence-electron chi connectivity index (χ0n) is 16.4. The minimum atomic E-state index is -3.99. The molecule has 0 aliphatic carbocycles. The van der Waals surface area contributed by atoms with Gasteiger partial charge in [0.05, 0.1) is 31.5 Å². The minimum absolute atomic E-state index is 0.0910. The van der Waals surface area contributed by atoms with E-state index in [1.54, 1.807) is 13.0 Å². The quantitative estimate of drug-likeness (QED) is 0.592. The molecule has 8 nitrogen and oxygen atoms in total. The Bertz CT molecular complexity index is 979. The molecule has 1 atom stereocenters. The van der Waals surface area contributed by atoms with E-state index in [2.05, 4.69) is 4.72 Å². The van der Waals surface area contributed by atoms with Crippen molar-refractivity contribution in [3.05, 3.63) is 41.4 Å². The number of sulfonamides is 1. The molecule has 0 aliphatic heterocycles. The van der Waals surface area contributed by atoms with Crippen LogP contribution in [0.3, 0.4) is 0 Å². The SMILES string of the molecule is CCOC(=O)[C@H](C)Oc1ccc(NS(=O)(=O)c2cc(OC)ccc2OC)cc1Cl. The molecule has 0 radical (unpaired) electrons. The first-order chi connectivity index (χ1) is 13.7. The molecule has 0 saturated heterocycles. The molecule has 0 saturated carbocycles. The number of rotatable bonds is 9. The molecule has 0 aromatic heterocycles. The van der Waals surface area contributed by atoms with Crippen molar-refractivity contribution >= 4 is 33.3 Å². The number of esters is 1. The van der Waals surface area contributed by atoms with Gasteiger partial charge >= 0.3 is 5.97 Å². The number of anilines is 1. The molecule has 0 spiro atoms. The second-order valence-corrected chi connectivity index (χ2v) is 7.84. The summed E-state index contributed by atoms with van der Waals surface area (Å²) in [5.74, 6) is 0.209. The first-order valence-corrected chi connectivity index (χ1v) is 10.5. The van der Waals surface area contributed by atoms with Gasteiger partial charge in [-0.25, -0.2) is 13.2 Å². The van der Waals surface area contributed by atoms with E-state index < -0.39 is 22.1 Å². The first-order valence-electron chi connectivity index (χ1n) is 8.59. The Morgan fingerprint density at radius 2 is 1.79 bits per heavy atom. The Morgan fingerprint density at radius 3 is 2.38 bits per heavy atom. The largest absolute Gasteiger partial charge is 0.497 e. The van der Waals surface area contributed by atoms with Crippen molar-refractivity contribution in [3.8, 4) is 17.2 Å². The molecule has 2 aromatic carbocycles. The van der Waals surface area contributed by atoms with E-state index in [-0.39, 0.29) is 33.7 Å². The lowest BCUT2D eigenvalue weighted by Crippen LogP contribution is -2.26. The Morgan fingerprint density at radius 1 is 1.10 bits per heavy atom. The van der Waals surface area contributed by atoms with Crippen molar-refractivity contribution < 1.29 is 32.2 Å². The summed E-state index contributed by atoms with van der Waals surface area (Å²) >= 11 is 6.18. The highest BCUT2D eigenvalue weighted by Gasteiger charge is 2.22. The molecular formula is C19H22ClNO7S. The lowest BCUT2D eigenvalue weighted by molar-refractivity contribution is -0.150. The summed E-state index contributed by atoms with van der Waals surface area (Å²) in [5, 5.41) is 0.124. The van der Waals surface area contributed by atoms with Crippen molar-refractivity contribution in [1.82, 2.24) is 0 Å². The summed E-state index contributed by atoms with van der Waals surface area (Å²) in [6.45, 7) is 3.45. The predicted octanol–water partition coefficient (Wildman–Crippen LogP) is 3.49. The van der Waals surface area contributed by atoms with Gasteiger partial charge in [-0.1, -0.05) is 11.6 Å². The number of nitrogens with one attached hydrogen (secondary N) is 1. The molecule has 0 bridgehead atoms. The van der Waals surface area contributed by atoms with Crippen LogP contribution in [0.1, 0.15) is 13.8 Å². The summed E-state index contributed by atoms with van der Waals surface area (Å²) in [5.41, 5.74) is 0.205. The first kappa shape index (κ1) is 22.6. The Balaban J connectivity index is 2.24. The van der Waals surface area contributed by atoms with Crippen molar-refractivity contribution in [2.45, 2.75) is 24.8 Å². The monoisotopic (exact) mass is 443 g/mol. The maximum absolute atomic E-state index is 12.8. The average molecular weight is 444 g/mol. The number of methoxy groups -OCH3 is 2. The summed E-state index contributed by atoms with van der Waals surface area (Å²) in [6.07, 6.45) is -0.865. The van der Waals surface area contributed by atoms with E-state index in [0.717, 1.165) is 0 Å². The normalized spacial score (nSPS) is 12.0. The maximum Gasteiger partial charge on any atom is 0.347 e.